The van der Waals surface area contributed by atoms with Crippen molar-refractivity contribution in [2.75, 3.05) is 18.5 Å². The zero-order chi connectivity index (χ0) is 9.68. The van der Waals surface area contributed by atoms with Crippen molar-refractivity contribution in [2.24, 2.45) is 0 Å². The first-order valence-corrected chi connectivity index (χ1v) is 5.45. The Morgan fingerprint density at radius 1 is 1.85 bits per heavy atom. The van der Waals surface area contributed by atoms with Gasteiger partial charge in [-0.25, -0.2) is 4.79 Å². The van der Waals surface area contributed by atoms with E-state index in [1.54, 1.807) is 0 Å². The third kappa shape index (κ3) is 3.95. The summed E-state index contributed by atoms with van der Waals surface area (Å²) in [6, 6.07) is 0.120. The van der Waals surface area contributed by atoms with E-state index in [0.29, 0.717) is 11.9 Å². The Bertz CT molecular complexity index is 171. The minimum atomic E-state index is -0.359. The van der Waals surface area contributed by atoms with Crippen LogP contribution in [0.3, 0.4) is 0 Å². The normalized spacial score (nSPS) is 24.0. The first-order valence-electron chi connectivity index (χ1n) is 4.33. The van der Waals surface area contributed by atoms with Crippen LogP contribution in [-0.2, 0) is 9.47 Å². The van der Waals surface area contributed by atoms with E-state index in [1.807, 2.05) is 6.92 Å². The van der Waals surface area contributed by atoms with E-state index >= 15 is 0 Å². The standard InChI is InChI=1S/C8H14BrNO3/c1-6(4-9)13-8(11)10-7-2-3-12-5-7/h6-7H,2-5H2,1H3,(H,10,11). The van der Waals surface area contributed by atoms with Crippen LogP contribution >= 0.6 is 15.9 Å². The second-order valence-electron chi connectivity index (χ2n) is 3.08. The molecule has 0 spiro atoms. The maximum Gasteiger partial charge on any atom is 0.407 e. The Hall–Kier alpha value is -0.290. The number of carbonyl (C=O) groups excluding carboxylic acids is 1. The number of ether oxygens (including phenoxy) is 2. The molecule has 0 aromatic heterocycles. The van der Waals surface area contributed by atoms with Gasteiger partial charge in [-0.1, -0.05) is 15.9 Å². The molecule has 1 fully saturated rings. The van der Waals surface area contributed by atoms with Crippen LogP contribution in [0.4, 0.5) is 4.79 Å². The van der Waals surface area contributed by atoms with E-state index in [1.165, 1.54) is 0 Å². The fourth-order valence-corrected chi connectivity index (χ4v) is 1.20. The fraction of sp³-hybridized carbons (Fsp3) is 0.875. The van der Waals surface area contributed by atoms with Crippen molar-refractivity contribution in [3.05, 3.63) is 0 Å². The molecule has 1 N–H and O–H groups in total. The van der Waals surface area contributed by atoms with E-state index < -0.39 is 0 Å². The largest absolute Gasteiger partial charge is 0.446 e. The molecule has 76 valence electrons. The maximum atomic E-state index is 11.2. The summed E-state index contributed by atoms with van der Waals surface area (Å²) >= 11 is 3.23. The smallest absolute Gasteiger partial charge is 0.407 e. The molecule has 2 unspecified atom stereocenters. The molecule has 2 atom stereocenters. The lowest BCUT2D eigenvalue weighted by Crippen LogP contribution is -2.37. The molecule has 0 bridgehead atoms. The molecule has 1 aliphatic heterocycles. The number of halogens is 1. The number of alkyl carbamates (subject to hydrolysis) is 1. The van der Waals surface area contributed by atoms with E-state index in [9.17, 15) is 4.79 Å². The minimum Gasteiger partial charge on any atom is -0.446 e. The number of hydrogen-bond donors (Lipinski definition) is 1. The van der Waals surface area contributed by atoms with Gasteiger partial charge in [0.15, 0.2) is 0 Å². The molecule has 1 heterocycles. The van der Waals surface area contributed by atoms with Crippen LogP contribution in [0.2, 0.25) is 0 Å². The molecule has 13 heavy (non-hydrogen) atoms. The zero-order valence-electron chi connectivity index (χ0n) is 7.59. The number of nitrogens with one attached hydrogen (secondary N) is 1. The van der Waals surface area contributed by atoms with Gasteiger partial charge in [0.05, 0.1) is 12.6 Å². The highest BCUT2D eigenvalue weighted by Gasteiger charge is 2.19. The van der Waals surface area contributed by atoms with E-state index in [4.69, 9.17) is 9.47 Å². The van der Waals surface area contributed by atoms with Gasteiger partial charge in [0.25, 0.3) is 0 Å². The van der Waals surface area contributed by atoms with Gasteiger partial charge in [0, 0.05) is 11.9 Å². The van der Waals surface area contributed by atoms with Crippen LogP contribution in [0.15, 0.2) is 0 Å². The van der Waals surface area contributed by atoms with Gasteiger partial charge in [0.1, 0.15) is 6.10 Å². The first kappa shape index (κ1) is 10.8. The lowest BCUT2D eigenvalue weighted by molar-refractivity contribution is 0.112. The van der Waals surface area contributed by atoms with Crippen molar-refractivity contribution < 1.29 is 14.3 Å². The van der Waals surface area contributed by atoms with Gasteiger partial charge in [-0.3, -0.25) is 0 Å². The predicted molar refractivity (Wildman–Crippen MR) is 52.1 cm³/mol. The third-order valence-corrected chi connectivity index (χ3v) is 2.69. The number of hydrogen-bond acceptors (Lipinski definition) is 3. The summed E-state index contributed by atoms with van der Waals surface area (Å²) in [5.74, 6) is 0. The molecule has 0 saturated carbocycles. The molecule has 0 radical (unpaired) electrons. The van der Waals surface area contributed by atoms with Gasteiger partial charge in [-0.15, -0.1) is 0 Å². The van der Waals surface area contributed by atoms with E-state index in [0.717, 1.165) is 13.0 Å². The highest BCUT2D eigenvalue weighted by atomic mass is 79.9. The number of rotatable bonds is 3. The molecule has 0 aromatic rings. The van der Waals surface area contributed by atoms with Gasteiger partial charge in [-0.2, -0.15) is 0 Å². The predicted octanol–water partition coefficient (Wildman–Crippen LogP) is 1.28. The summed E-state index contributed by atoms with van der Waals surface area (Å²) < 4.78 is 10.1. The molecule has 5 heteroatoms. The van der Waals surface area contributed by atoms with E-state index in [-0.39, 0.29) is 18.2 Å². The molecule has 0 aromatic carbocycles. The van der Waals surface area contributed by atoms with Crippen LogP contribution in [0.25, 0.3) is 0 Å². The fourth-order valence-electron chi connectivity index (χ4n) is 1.06. The van der Waals surface area contributed by atoms with Crippen LogP contribution in [0.5, 0.6) is 0 Å². The number of alkyl halides is 1. The summed E-state index contributed by atoms with van der Waals surface area (Å²) in [4.78, 5) is 11.2. The summed E-state index contributed by atoms with van der Waals surface area (Å²) in [6.07, 6.45) is 0.419. The highest BCUT2D eigenvalue weighted by Crippen LogP contribution is 2.04. The second kappa shape index (κ2) is 5.44. The van der Waals surface area contributed by atoms with Crippen LogP contribution in [-0.4, -0.2) is 36.8 Å². The van der Waals surface area contributed by atoms with Crippen molar-refractivity contribution in [1.29, 1.82) is 0 Å². The Morgan fingerprint density at radius 3 is 3.15 bits per heavy atom. The first-order chi connectivity index (χ1) is 6.22. The maximum absolute atomic E-state index is 11.2. The van der Waals surface area contributed by atoms with Crippen LogP contribution in [0, 0.1) is 0 Å². The Labute approximate surface area is 86.1 Å². The second-order valence-corrected chi connectivity index (χ2v) is 3.72. The monoisotopic (exact) mass is 251 g/mol. The van der Waals surface area contributed by atoms with Gasteiger partial charge in [0.2, 0.25) is 0 Å². The third-order valence-electron chi connectivity index (χ3n) is 1.78. The molecule has 1 saturated heterocycles. The molecular weight excluding hydrogens is 238 g/mol. The average Bonchev–Trinajstić information content (AvgIpc) is 2.56. The van der Waals surface area contributed by atoms with Gasteiger partial charge < -0.3 is 14.8 Å². The van der Waals surface area contributed by atoms with Crippen molar-refractivity contribution in [1.82, 2.24) is 5.32 Å². The van der Waals surface area contributed by atoms with Crippen molar-refractivity contribution in [3.8, 4) is 0 Å². The molecule has 0 aliphatic carbocycles. The summed E-state index contributed by atoms with van der Waals surface area (Å²) in [5.41, 5.74) is 0. The molecular formula is C8H14BrNO3. The van der Waals surface area contributed by atoms with Crippen molar-refractivity contribution in [2.45, 2.75) is 25.5 Å². The van der Waals surface area contributed by atoms with Gasteiger partial charge in [-0.05, 0) is 13.3 Å². The Morgan fingerprint density at radius 2 is 2.62 bits per heavy atom. The Kier molecular flexibility index (Phi) is 4.52. The number of amides is 1. The number of carbonyl (C=O) groups is 1. The summed E-state index contributed by atoms with van der Waals surface area (Å²) in [6.45, 7) is 3.15. The molecule has 4 nitrogen and oxygen atoms in total. The molecule has 1 aliphatic rings. The summed E-state index contributed by atoms with van der Waals surface area (Å²) in [5, 5.41) is 3.39. The van der Waals surface area contributed by atoms with Crippen molar-refractivity contribution in [3.63, 3.8) is 0 Å². The van der Waals surface area contributed by atoms with E-state index in [2.05, 4.69) is 21.2 Å². The summed E-state index contributed by atoms with van der Waals surface area (Å²) in [7, 11) is 0. The minimum absolute atomic E-state index is 0.0951. The quantitative estimate of drug-likeness (QED) is 0.770. The Balaban J connectivity index is 2.16. The highest BCUT2D eigenvalue weighted by molar-refractivity contribution is 9.09. The zero-order valence-corrected chi connectivity index (χ0v) is 9.17. The molecule has 1 rings (SSSR count). The van der Waals surface area contributed by atoms with Crippen LogP contribution in [0.1, 0.15) is 13.3 Å². The van der Waals surface area contributed by atoms with Crippen LogP contribution < -0.4 is 5.32 Å². The SMILES string of the molecule is CC(CBr)OC(=O)NC1CCOC1. The average molecular weight is 252 g/mol. The van der Waals surface area contributed by atoms with Gasteiger partial charge >= 0.3 is 6.09 Å². The lowest BCUT2D eigenvalue weighted by atomic mass is 10.3. The topological polar surface area (TPSA) is 47.6 Å². The van der Waals surface area contributed by atoms with Crippen molar-refractivity contribution >= 4 is 22.0 Å². The molecule has 1 amide bonds. The lowest BCUT2D eigenvalue weighted by Gasteiger charge is -2.14.